The van der Waals surface area contributed by atoms with Gasteiger partial charge in [0.25, 0.3) is 0 Å². The van der Waals surface area contributed by atoms with Crippen molar-refractivity contribution in [2.75, 3.05) is 11.9 Å². The van der Waals surface area contributed by atoms with Crippen molar-refractivity contribution in [2.24, 2.45) is 0 Å². The monoisotopic (exact) mass is 191 g/mol. The van der Waals surface area contributed by atoms with Crippen LogP contribution in [0.5, 0.6) is 0 Å². The predicted octanol–water partition coefficient (Wildman–Crippen LogP) is 1.13. The number of aliphatic hydroxyl groups excluding tert-OH is 1. The summed E-state index contributed by atoms with van der Waals surface area (Å²) in [6, 6.07) is 5.88. The highest BCUT2D eigenvalue weighted by Crippen LogP contribution is 2.11. The molecule has 0 aliphatic heterocycles. The molecule has 0 aliphatic carbocycles. The van der Waals surface area contributed by atoms with Crippen LogP contribution in [-0.4, -0.2) is 27.1 Å². The Morgan fingerprint density at radius 3 is 3.21 bits per heavy atom. The number of anilines is 1. The molecule has 2 aromatic rings. The zero-order chi connectivity index (χ0) is 9.97. The SMILES string of the molecule is C[C@@H](CO)Nc1cccc2nccn12. The molecule has 0 saturated carbocycles. The van der Waals surface area contributed by atoms with Gasteiger partial charge in [0.2, 0.25) is 0 Å². The molecule has 0 fully saturated rings. The van der Waals surface area contributed by atoms with Gasteiger partial charge in [0.15, 0.2) is 0 Å². The fourth-order valence-electron chi connectivity index (χ4n) is 1.36. The number of fused-ring (bicyclic) bond motifs is 1. The minimum Gasteiger partial charge on any atom is -0.394 e. The molecule has 14 heavy (non-hydrogen) atoms. The Kier molecular flexibility index (Phi) is 2.37. The van der Waals surface area contributed by atoms with Gasteiger partial charge in [-0.2, -0.15) is 0 Å². The van der Waals surface area contributed by atoms with Gasteiger partial charge in [0.1, 0.15) is 11.5 Å². The van der Waals surface area contributed by atoms with Crippen LogP contribution in [0, 0.1) is 0 Å². The average molecular weight is 191 g/mol. The van der Waals surface area contributed by atoms with Crippen molar-refractivity contribution in [1.82, 2.24) is 9.38 Å². The van der Waals surface area contributed by atoms with Gasteiger partial charge in [-0.3, -0.25) is 4.40 Å². The maximum Gasteiger partial charge on any atom is 0.138 e. The van der Waals surface area contributed by atoms with E-state index < -0.39 is 0 Å². The van der Waals surface area contributed by atoms with E-state index in [0.29, 0.717) is 0 Å². The summed E-state index contributed by atoms with van der Waals surface area (Å²) >= 11 is 0. The molecule has 0 radical (unpaired) electrons. The van der Waals surface area contributed by atoms with Crippen molar-refractivity contribution in [1.29, 1.82) is 0 Å². The van der Waals surface area contributed by atoms with Gasteiger partial charge in [0.05, 0.1) is 6.61 Å². The molecule has 2 rings (SSSR count). The van der Waals surface area contributed by atoms with E-state index in [1.807, 2.05) is 35.7 Å². The number of aliphatic hydroxyl groups is 1. The molecule has 1 atom stereocenters. The Labute approximate surface area is 82.2 Å². The van der Waals surface area contributed by atoms with Crippen molar-refractivity contribution in [3.8, 4) is 0 Å². The maximum atomic E-state index is 8.93. The zero-order valence-electron chi connectivity index (χ0n) is 8.01. The van der Waals surface area contributed by atoms with E-state index >= 15 is 0 Å². The number of nitrogens with one attached hydrogen (secondary N) is 1. The first-order valence-corrected chi connectivity index (χ1v) is 4.61. The fraction of sp³-hybridized carbons (Fsp3) is 0.300. The molecule has 4 heteroatoms. The van der Waals surface area contributed by atoms with E-state index in [2.05, 4.69) is 10.3 Å². The van der Waals surface area contributed by atoms with Gasteiger partial charge in [0, 0.05) is 18.4 Å². The van der Waals surface area contributed by atoms with Crippen LogP contribution < -0.4 is 5.32 Å². The Hall–Kier alpha value is -1.55. The van der Waals surface area contributed by atoms with E-state index in [9.17, 15) is 0 Å². The lowest BCUT2D eigenvalue weighted by Crippen LogP contribution is -2.20. The van der Waals surface area contributed by atoms with E-state index in [4.69, 9.17) is 5.11 Å². The van der Waals surface area contributed by atoms with Gasteiger partial charge in [-0.15, -0.1) is 0 Å². The molecule has 2 heterocycles. The molecule has 74 valence electrons. The third-order valence-corrected chi connectivity index (χ3v) is 2.10. The smallest absolute Gasteiger partial charge is 0.138 e. The molecule has 0 bridgehead atoms. The largest absolute Gasteiger partial charge is 0.394 e. The number of nitrogens with zero attached hydrogens (tertiary/aromatic N) is 2. The van der Waals surface area contributed by atoms with Crippen LogP contribution in [-0.2, 0) is 0 Å². The fourth-order valence-corrected chi connectivity index (χ4v) is 1.36. The maximum absolute atomic E-state index is 8.93. The van der Waals surface area contributed by atoms with E-state index in [1.54, 1.807) is 6.20 Å². The lowest BCUT2D eigenvalue weighted by Gasteiger charge is -2.13. The van der Waals surface area contributed by atoms with E-state index in [1.165, 1.54) is 0 Å². The number of hydrogen-bond donors (Lipinski definition) is 2. The second kappa shape index (κ2) is 3.67. The topological polar surface area (TPSA) is 49.6 Å². The molecule has 0 aliphatic rings. The number of hydrogen-bond acceptors (Lipinski definition) is 3. The molecule has 0 aromatic carbocycles. The standard InChI is InChI=1S/C10H13N3O/c1-8(7-14)12-10-4-2-3-9-11-5-6-13(9)10/h2-6,8,12,14H,7H2,1H3/t8-/m0/s1. The Morgan fingerprint density at radius 2 is 2.43 bits per heavy atom. The minimum absolute atomic E-state index is 0.0444. The van der Waals surface area contributed by atoms with Crippen LogP contribution in [0.4, 0.5) is 5.82 Å². The van der Waals surface area contributed by atoms with Crippen LogP contribution in [0.2, 0.25) is 0 Å². The molecule has 4 nitrogen and oxygen atoms in total. The third-order valence-electron chi connectivity index (χ3n) is 2.10. The van der Waals surface area contributed by atoms with Gasteiger partial charge < -0.3 is 10.4 Å². The van der Waals surface area contributed by atoms with Crippen LogP contribution in [0.15, 0.2) is 30.6 Å². The second-order valence-electron chi connectivity index (χ2n) is 3.29. The zero-order valence-corrected chi connectivity index (χ0v) is 8.01. The molecule has 0 spiro atoms. The molecule has 2 aromatic heterocycles. The summed E-state index contributed by atoms with van der Waals surface area (Å²) in [5.41, 5.74) is 0.903. The summed E-state index contributed by atoms with van der Waals surface area (Å²) in [7, 11) is 0. The van der Waals surface area contributed by atoms with Crippen molar-refractivity contribution < 1.29 is 5.11 Å². The lowest BCUT2D eigenvalue weighted by atomic mass is 10.3. The minimum atomic E-state index is 0.0444. The molecule has 0 unspecified atom stereocenters. The number of aromatic nitrogens is 2. The highest BCUT2D eigenvalue weighted by Gasteiger charge is 2.03. The van der Waals surface area contributed by atoms with Crippen LogP contribution in [0.1, 0.15) is 6.92 Å². The van der Waals surface area contributed by atoms with Gasteiger partial charge in [-0.1, -0.05) is 6.07 Å². The average Bonchev–Trinajstić information content (AvgIpc) is 2.66. The summed E-state index contributed by atoms with van der Waals surface area (Å²) in [4.78, 5) is 4.17. The summed E-state index contributed by atoms with van der Waals surface area (Å²) in [6.07, 6.45) is 3.64. The second-order valence-corrected chi connectivity index (χ2v) is 3.29. The summed E-state index contributed by atoms with van der Waals surface area (Å²) in [5, 5.41) is 12.1. The Balaban J connectivity index is 2.36. The first-order valence-electron chi connectivity index (χ1n) is 4.61. The molecule has 0 amide bonds. The number of pyridine rings is 1. The number of imidazole rings is 1. The third kappa shape index (κ3) is 1.56. The number of rotatable bonds is 3. The van der Waals surface area contributed by atoms with E-state index in [-0.39, 0.29) is 12.6 Å². The lowest BCUT2D eigenvalue weighted by molar-refractivity contribution is 0.281. The molecular formula is C10H13N3O. The van der Waals surface area contributed by atoms with Gasteiger partial charge >= 0.3 is 0 Å². The van der Waals surface area contributed by atoms with Crippen molar-refractivity contribution >= 4 is 11.5 Å². The molecule has 2 N–H and O–H groups in total. The van der Waals surface area contributed by atoms with E-state index in [0.717, 1.165) is 11.5 Å². The summed E-state index contributed by atoms with van der Waals surface area (Å²) < 4.78 is 1.95. The van der Waals surface area contributed by atoms with Crippen molar-refractivity contribution in [2.45, 2.75) is 13.0 Å². The highest BCUT2D eigenvalue weighted by atomic mass is 16.3. The van der Waals surface area contributed by atoms with Crippen molar-refractivity contribution in [3.63, 3.8) is 0 Å². The van der Waals surface area contributed by atoms with Crippen LogP contribution in [0.3, 0.4) is 0 Å². The summed E-state index contributed by atoms with van der Waals surface area (Å²) in [5.74, 6) is 0.946. The van der Waals surface area contributed by atoms with Crippen LogP contribution in [0.25, 0.3) is 5.65 Å². The Bertz CT molecular complexity index is 424. The van der Waals surface area contributed by atoms with Gasteiger partial charge in [-0.05, 0) is 19.1 Å². The Morgan fingerprint density at radius 1 is 1.57 bits per heavy atom. The first kappa shape index (κ1) is 9.02. The van der Waals surface area contributed by atoms with Crippen LogP contribution >= 0.6 is 0 Å². The normalized spacial score (nSPS) is 13.0. The van der Waals surface area contributed by atoms with Gasteiger partial charge in [-0.25, -0.2) is 4.98 Å². The highest BCUT2D eigenvalue weighted by molar-refractivity contribution is 5.50. The summed E-state index contributed by atoms with van der Waals surface area (Å²) in [6.45, 7) is 2.04. The van der Waals surface area contributed by atoms with Crippen molar-refractivity contribution in [3.05, 3.63) is 30.6 Å². The molecule has 0 saturated heterocycles. The quantitative estimate of drug-likeness (QED) is 0.764. The predicted molar refractivity (Wildman–Crippen MR) is 55.4 cm³/mol. The first-order chi connectivity index (χ1) is 6.81. The molecular weight excluding hydrogens is 178 g/mol.